The lowest BCUT2D eigenvalue weighted by Crippen LogP contribution is -2.44. The van der Waals surface area contributed by atoms with E-state index in [2.05, 4.69) is 15.5 Å². The maximum absolute atomic E-state index is 12.8. The zero-order valence-electron chi connectivity index (χ0n) is 17.6. The molecule has 0 atom stereocenters. The summed E-state index contributed by atoms with van der Waals surface area (Å²) >= 11 is 1.53. The largest absolute Gasteiger partial charge is 0.356 e. The van der Waals surface area contributed by atoms with Gasteiger partial charge < -0.3 is 15.5 Å². The molecule has 3 heterocycles. The van der Waals surface area contributed by atoms with Crippen LogP contribution in [0.3, 0.4) is 0 Å². The zero-order chi connectivity index (χ0) is 21.4. The van der Waals surface area contributed by atoms with Crippen LogP contribution in [0.25, 0.3) is 10.9 Å². The third-order valence-electron chi connectivity index (χ3n) is 5.98. The Bertz CT molecular complexity index is 1130. The van der Waals surface area contributed by atoms with Crippen LogP contribution in [0.15, 0.2) is 42.5 Å². The zero-order valence-corrected chi connectivity index (χ0v) is 18.4. The van der Waals surface area contributed by atoms with Crippen molar-refractivity contribution in [3.8, 4) is 0 Å². The molecule has 2 N–H and O–H groups in total. The molecule has 2 amide bonds. The molecule has 31 heavy (non-hydrogen) atoms. The number of amides is 2. The highest BCUT2D eigenvalue weighted by molar-refractivity contribution is 7.13. The number of hydrogen-bond donors (Lipinski definition) is 2. The van der Waals surface area contributed by atoms with Gasteiger partial charge in [0.2, 0.25) is 0 Å². The normalized spacial score (nSPS) is 17.0. The number of piperidine rings is 1. The van der Waals surface area contributed by atoms with E-state index in [-0.39, 0.29) is 17.9 Å². The average Bonchev–Trinajstić information content (AvgIpc) is 3.49. The van der Waals surface area contributed by atoms with Crippen LogP contribution in [0, 0.1) is 6.92 Å². The molecule has 1 aliphatic heterocycles. The number of fused-ring (bicyclic) bond motifs is 1. The van der Waals surface area contributed by atoms with E-state index in [1.54, 1.807) is 0 Å². The summed E-state index contributed by atoms with van der Waals surface area (Å²) in [7, 11) is 0. The van der Waals surface area contributed by atoms with Crippen LogP contribution in [0.1, 0.15) is 50.6 Å². The van der Waals surface area contributed by atoms with E-state index in [9.17, 15) is 9.59 Å². The Kier molecular flexibility index (Phi) is 5.36. The van der Waals surface area contributed by atoms with E-state index in [1.807, 2.05) is 49.4 Å². The molecule has 2 aromatic heterocycles. The van der Waals surface area contributed by atoms with Gasteiger partial charge in [-0.25, -0.2) is 4.98 Å². The molecular weight excluding hydrogens is 408 g/mol. The topological polar surface area (TPSA) is 74.3 Å². The van der Waals surface area contributed by atoms with E-state index >= 15 is 0 Å². The summed E-state index contributed by atoms with van der Waals surface area (Å²) in [5, 5.41) is 7.16. The Morgan fingerprint density at radius 3 is 2.39 bits per heavy atom. The number of nitrogens with zero attached hydrogens (tertiary/aromatic N) is 2. The molecule has 0 unspecified atom stereocenters. The molecule has 2 fully saturated rings. The van der Waals surface area contributed by atoms with Crippen LogP contribution in [0.2, 0.25) is 0 Å². The Hall–Kier alpha value is -2.93. The van der Waals surface area contributed by atoms with Crippen LogP contribution in [0.4, 0.5) is 5.82 Å². The Labute approximate surface area is 185 Å². The molecule has 7 heteroatoms. The quantitative estimate of drug-likeness (QED) is 0.639. The van der Waals surface area contributed by atoms with E-state index < -0.39 is 0 Å². The number of carbonyl (C=O) groups excluding carboxylic acids is 2. The maximum Gasteiger partial charge on any atom is 0.261 e. The number of hydrogen-bond acceptors (Lipinski definition) is 5. The van der Waals surface area contributed by atoms with Gasteiger partial charge in [0.25, 0.3) is 11.8 Å². The van der Waals surface area contributed by atoms with E-state index in [4.69, 9.17) is 4.98 Å². The third kappa shape index (κ3) is 4.42. The molecule has 3 aromatic rings. The minimum absolute atomic E-state index is 0.0133. The van der Waals surface area contributed by atoms with Gasteiger partial charge in [-0.2, -0.15) is 0 Å². The van der Waals surface area contributed by atoms with Crippen molar-refractivity contribution in [1.82, 2.24) is 15.6 Å². The molecule has 1 saturated carbocycles. The van der Waals surface area contributed by atoms with Gasteiger partial charge in [0, 0.05) is 35.4 Å². The first-order chi connectivity index (χ1) is 15.1. The second-order valence-corrected chi connectivity index (χ2v) is 9.73. The van der Waals surface area contributed by atoms with Crippen LogP contribution >= 0.6 is 11.3 Å². The number of anilines is 1. The molecule has 1 saturated heterocycles. The number of rotatable bonds is 5. The molecule has 1 aromatic carbocycles. The van der Waals surface area contributed by atoms with Crippen LogP contribution in [-0.4, -0.2) is 42.0 Å². The van der Waals surface area contributed by atoms with Gasteiger partial charge in [0.05, 0.1) is 16.0 Å². The highest BCUT2D eigenvalue weighted by Gasteiger charge is 2.27. The molecule has 0 bridgehead atoms. The first-order valence-electron chi connectivity index (χ1n) is 10.9. The molecular formula is C24H26N4O2S. The van der Waals surface area contributed by atoms with Crippen LogP contribution < -0.4 is 15.5 Å². The molecule has 2 aliphatic rings. The summed E-state index contributed by atoms with van der Waals surface area (Å²) in [5.74, 6) is 0.827. The smallest absolute Gasteiger partial charge is 0.261 e. The number of pyridine rings is 1. The third-order valence-corrected chi connectivity index (χ3v) is 6.98. The molecule has 1 aliphatic carbocycles. The number of thiophene rings is 1. The van der Waals surface area contributed by atoms with Gasteiger partial charge in [0.15, 0.2) is 0 Å². The summed E-state index contributed by atoms with van der Waals surface area (Å²) in [6, 6.07) is 14.1. The standard InChI is InChI=1S/C24H26N4O2S/c1-15-6-9-21(31-15)24(30)26-17-10-12-28(13-11-17)22-14-19(23(29)25-16-7-8-16)18-4-2-3-5-20(18)27-22/h2-6,9,14,16-17H,7-8,10-13H2,1H3,(H,25,29)(H,26,30). The highest BCUT2D eigenvalue weighted by Crippen LogP contribution is 2.27. The number of benzene rings is 1. The first kappa shape index (κ1) is 20.0. The number of aromatic nitrogens is 1. The SMILES string of the molecule is Cc1ccc(C(=O)NC2CCN(c3cc(C(=O)NC4CC4)c4ccccc4n3)CC2)s1. The minimum atomic E-state index is -0.0178. The van der Waals surface area contributed by atoms with Crippen LogP contribution in [0.5, 0.6) is 0 Å². The lowest BCUT2D eigenvalue weighted by Gasteiger charge is -2.33. The lowest BCUT2D eigenvalue weighted by atomic mass is 10.0. The summed E-state index contributed by atoms with van der Waals surface area (Å²) in [6.45, 7) is 3.60. The first-order valence-corrected chi connectivity index (χ1v) is 11.7. The van der Waals surface area contributed by atoms with Crippen LogP contribution in [-0.2, 0) is 0 Å². The lowest BCUT2D eigenvalue weighted by molar-refractivity contribution is 0.0931. The van der Waals surface area contributed by atoms with Crippen molar-refractivity contribution in [3.05, 3.63) is 57.8 Å². The molecule has 0 radical (unpaired) electrons. The second-order valence-electron chi connectivity index (χ2n) is 8.44. The van der Waals surface area contributed by atoms with Gasteiger partial charge in [-0.1, -0.05) is 18.2 Å². The highest BCUT2D eigenvalue weighted by atomic mass is 32.1. The maximum atomic E-state index is 12.8. The summed E-state index contributed by atoms with van der Waals surface area (Å²) in [4.78, 5) is 34.3. The Balaban J connectivity index is 1.30. The van der Waals surface area contributed by atoms with Crippen molar-refractivity contribution < 1.29 is 9.59 Å². The number of para-hydroxylation sites is 1. The predicted molar refractivity (Wildman–Crippen MR) is 124 cm³/mol. The van der Waals surface area contributed by atoms with E-state index in [1.165, 1.54) is 11.3 Å². The van der Waals surface area contributed by atoms with Gasteiger partial charge in [0.1, 0.15) is 5.82 Å². The molecule has 6 nitrogen and oxygen atoms in total. The number of aryl methyl sites for hydroxylation is 1. The fourth-order valence-corrected chi connectivity index (χ4v) is 4.84. The summed E-state index contributed by atoms with van der Waals surface area (Å²) < 4.78 is 0. The van der Waals surface area contributed by atoms with Crippen molar-refractivity contribution in [1.29, 1.82) is 0 Å². The predicted octanol–water partition coefficient (Wildman–Crippen LogP) is 3.90. The molecule has 5 rings (SSSR count). The van der Waals surface area contributed by atoms with Crippen molar-refractivity contribution in [2.75, 3.05) is 18.0 Å². The van der Waals surface area contributed by atoms with Gasteiger partial charge >= 0.3 is 0 Å². The summed E-state index contributed by atoms with van der Waals surface area (Å²) in [5.41, 5.74) is 1.53. The van der Waals surface area contributed by atoms with Gasteiger partial charge in [-0.3, -0.25) is 9.59 Å². The van der Waals surface area contributed by atoms with E-state index in [0.717, 1.165) is 65.2 Å². The van der Waals surface area contributed by atoms with Gasteiger partial charge in [-0.15, -0.1) is 11.3 Å². The monoisotopic (exact) mass is 434 g/mol. The van der Waals surface area contributed by atoms with Crippen molar-refractivity contribution >= 4 is 39.9 Å². The molecule has 0 spiro atoms. The Morgan fingerprint density at radius 1 is 0.968 bits per heavy atom. The van der Waals surface area contributed by atoms with Crippen molar-refractivity contribution in [3.63, 3.8) is 0 Å². The average molecular weight is 435 g/mol. The number of carbonyl (C=O) groups is 2. The minimum Gasteiger partial charge on any atom is -0.356 e. The Morgan fingerprint density at radius 2 is 1.68 bits per heavy atom. The van der Waals surface area contributed by atoms with Crippen molar-refractivity contribution in [2.45, 2.75) is 44.7 Å². The second kappa shape index (κ2) is 8.30. The number of nitrogens with one attached hydrogen (secondary N) is 2. The van der Waals surface area contributed by atoms with E-state index in [0.29, 0.717) is 11.6 Å². The fourth-order valence-electron chi connectivity index (χ4n) is 4.07. The van der Waals surface area contributed by atoms with Crippen molar-refractivity contribution in [2.24, 2.45) is 0 Å². The summed E-state index contributed by atoms with van der Waals surface area (Å²) in [6.07, 6.45) is 3.83. The van der Waals surface area contributed by atoms with Gasteiger partial charge in [-0.05, 0) is 56.9 Å². The molecule has 160 valence electrons. The fraction of sp³-hybridized carbons (Fsp3) is 0.375.